The molecule has 2 amide bonds. The number of hydrogen-bond acceptors (Lipinski definition) is 2. The second-order valence-corrected chi connectivity index (χ2v) is 5.51. The van der Waals surface area contributed by atoms with E-state index in [1.54, 1.807) is 29.2 Å². The molecule has 0 aromatic heterocycles. The Morgan fingerprint density at radius 3 is 2.48 bits per heavy atom. The van der Waals surface area contributed by atoms with Gasteiger partial charge in [-0.15, -0.1) is 0 Å². The summed E-state index contributed by atoms with van der Waals surface area (Å²) in [5.41, 5.74) is 1.12. The first kappa shape index (κ1) is 15.2. The van der Waals surface area contributed by atoms with Crippen molar-refractivity contribution in [1.82, 2.24) is 4.90 Å². The molecule has 0 bridgehead atoms. The minimum atomic E-state index is -0.473. The highest BCUT2D eigenvalue weighted by molar-refractivity contribution is 6.09. The Morgan fingerprint density at radius 2 is 1.74 bits per heavy atom. The van der Waals surface area contributed by atoms with Crippen molar-refractivity contribution in [3.8, 4) is 0 Å². The average Bonchev–Trinajstić information content (AvgIpc) is 3.09. The van der Waals surface area contributed by atoms with Crippen LogP contribution in [0.25, 0.3) is 0 Å². The first-order valence-electron chi connectivity index (χ1n) is 7.60. The summed E-state index contributed by atoms with van der Waals surface area (Å²) in [5.74, 6) is -0.997. The summed E-state index contributed by atoms with van der Waals surface area (Å²) in [7, 11) is 0. The zero-order chi connectivity index (χ0) is 16.2. The van der Waals surface area contributed by atoms with Crippen LogP contribution in [0, 0.1) is 5.82 Å². The molecule has 0 aliphatic carbocycles. The van der Waals surface area contributed by atoms with Gasteiger partial charge in [0.2, 0.25) is 0 Å². The summed E-state index contributed by atoms with van der Waals surface area (Å²) in [6, 6.07) is 12.3. The summed E-state index contributed by atoms with van der Waals surface area (Å²) in [4.78, 5) is 26.6. The number of rotatable bonds is 3. The van der Waals surface area contributed by atoms with Crippen molar-refractivity contribution in [2.45, 2.75) is 12.8 Å². The molecule has 0 radical (unpaired) electrons. The number of carbonyl (C=O) groups is 2. The molecule has 1 saturated heterocycles. The second kappa shape index (κ2) is 6.60. The first-order valence-corrected chi connectivity index (χ1v) is 7.60. The van der Waals surface area contributed by atoms with Crippen LogP contribution in [0.3, 0.4) is 0 Å². The van der Waals surface area contributed by atoms with E-state index in [9.17, 15) is 14.0 Å². The van der Waals surface area contributed by atoms with Gasteiger partial charge >= 0.3 is 0 Å². The summed E-state index contributed by atoms with van der Waals surface area (Å²) in [5, 5.41) is 2.71. The number of likely N-dealkylation sites (tertiary alicyclic amines) is 1. The summed E-state index contributed by atoms with van der Waals surface area (Å²) >= 11 is 0. The molecular weight excluding hydrogens is 295 g/mol. The molecule has 1 heterocycles. The summed E-state index contributed by atoms with van der Waals surface area (Å²) in [6.45, 7) is 1.48. The minimum Gasteiger partial charge on any atom is -0.339 e. The van der Waals surface area contributed by atoms with Crippen molar-refractivity contribution < 1.29 is 14.0 Å². The van der Waals surface area contributed by atoms with Gasteiger partial charge in [-0.3, -0.25) is 9.59 Å². The second-order valence-electron chi connectivity index (χ2n) is 5.51. The Bertz CT molecular complexity index is 739. The van der Waals surface area contributed by atoms with Gasteiger partial charge in [-0.2, -0.15) is 0 Å². The topological polar surface area (TPSA) is 49.4 Å². The molecule has 23 heavy (non-hydrogen) atoms. The fourth-order valence-corrected chi connectivity index (χ4v) is 2.69. The van der Waals surface area contributed by atoms with Gasteiger partial charge in [-0.25, -0.2) is 4.39 Å². The molecule has 0 spiro atoms. The number of anilines is 1. The standard InChI is InChI=1S/C18H17FN2O2/c19-14-7-5-6-13(12-14)17(22)20-16-9-2-1-8-15(16)18(23)21-10-3-4-11-21/h1-2,5-9,12H,3-4,10-11H2,(H,20,22). The van der Waals surface area contributed by atoms with Gasteiger partial charge < -0.3 is 10.2 Å². The fraction of sp³-hybridized carbons (Fsp3) is 0.222. The van der Waals surface area contributed by atoms with E-state index >= 15 is 0 Å². The Morgan fingerprint density at radius 1 is 1.00 bits per heavy atom. The van der Waals surface area contributed by atoms with E-state index in [0.29, 0.717) is 11.3 Å². The van der Waals surface area contributed by atoms with E-state index in [1.807, 2.05) is 0 Å². The largest absolute Gasteiger partial charge is 0.339 e. The number of halogens is 1. The third-order valence-electron chi connectivity index (χ3n) is 3.89. The third kappa shape index (κ3) is 3.39. The van der Waals surface area contributed by atoms with Crippen molar-refractivity contribution in [2.24, 2.45) is 0 Å². The number of nitrogens with zero attached hydrogens (tertiary/aromatic N) is 1. The molecule has 2 aromatic rings. The van der Waals surface area contributed by atoms with E-state index in [4.69, 9.17) is 0 Å². The zero-order valence-corrected chi connectivity index (χ0v) is 12.6. The molecule has 0 saturated carbocycles. The summed E-state index contributed by atoms with van der Waals surface area (Å²) < 4.78 is 13.2. The van der Waals surface area contributed by atoms with Gasteiger partial charge in [0.05, 0.1) is 11.3 Å². The number of hydrogen-bond donors (Lipinski definition) is 1. The third-order valence-corrected chi connectivity index (χ3v) is 3.89. The van der Waals surface area contributed by atoms with Crippen LogP contribution in [0.15, 0.2) is 48.5 Å². The lowest BCUT2D eigenvalue weighted by Gasteiger charge is -2.18. The molecule has 0 atom stereocenters. The number of carbonyl (C=O) groups excluding carboxylic acids is 2. The number of nitrogens with one attached hydrogen (secondary N) is 1. The first-order chi connectivity index (χ1) is 11.1. The predicted octanol–water partition coefficient (Wildman–Crippen LogP) is 3.31. The Kier molecular flexibility index (Phi) is 4.37. The quantitative estimate of drug-likeness (QED) is 0.945. The minimum absolute atomic E-state index is 0.0855. The van der Waals surface area contributed by atoms with Gasteiger partial charge in [-0.1, -0.05) is 18.2 Å². The predicted molar refractivity (Wildman–Crippen MR) is 85.9 cm³/mol. The molecule has 5 heteroatoms. The van der Waals surface area contributed by atoms with Crippen LogP contribution < -0.4 is 5.32 Å². The highest BCUT2D eigenvalue weighted by Crippen LogP contribution is 2.21. The molecular formula is C18H17FN2O2. The van der Waals surface area contributed by atoms with Gasteiger partial charge in [0.1, 0.15) is 5.82 Å². The normalized spacial score (nSPS) is 13.9. The Labute approximate surface area is 133 Å². The maximum absolute atomic E-state index is 13.2. The molecule has 118 valence electrons. The van der Waals surface area contributed by atoms with E-state index in [0.717, 1.165) is 25.9 Å². The maximum Gasteiger partial charge on any atom is 0.255 e. The van der Waals surface area contributed by atoms with Gasteiger partial charge in [-0.05, 0) is 43.2 Å². The smallest absolute Gasteiger partial charge is 0.255 e. The van der Waals surface area contributed by atoms with E-state index in [1.165, 1.54) is 24.3 Å². The van der Waals surface area contributed by atoms with Crippen molar-refractivity contribution >= 4 is 17.5 Å². The lowest BCUT2D eigenvalue weighted by molar-refractivity contribution is 0.0794. The average molecular weight is 312 g/mol. The van der Waals surface area contributed by atoms with Crippen LogP contribution in [-0.2, 0) is 0 Å². The SMILES string of the molecule is O=C(Nc1ccccc1C(=O)N1CCCC1)c1cccc(F)c1. The van der Waals surface area contributed by atoms with Crippen LogP contribution in [0.5, 0.6) is 0 Å². The van der Waals surface area contributed by atoms with E-state index in [-0.39, 0.29) is 11.5 Å². The molecule has 2 aromatic carbocycles. The fourth-order valence-electron chi connectivity index (χ4n) is 2.69. The Balaban J connectivity index is 1.83. The lowest BCUT2D eigenvalue weighted by atomic mass is 10.1. The number of benzene rings is 2. The number of para-hydroxylation sites is 1. The molecule has 1 aliphatic heterocycles. The lowest BCUT2D eigenvalue weighted by Crippen LogP contribution is -2.28. The Hall–Kier alpha value is -2.69. The van der Waals surface area contributed by atoms with Crippen molar-refractivity contribution in [3.05, 3.63) is 65.5 Å². The van der Waals surface area contributed by atoms with Crippen LogP contribution in [-0.4, -0.2) is 29.8 Å². The van der Waals surface area contributed by atoms with Crippen LogP contribution in [0.4, 0.5) is 10.1 Å². The van der Waals surface area contributed by atoms with Crippen LogP contribution in [0.2, 0.25) is 0 Å². The van der Waals surface area contributed by atoms with Gasteiger partial charge in [0, 0.05) is 18.7 Å². The highest BCUT2D eigenvalue weighted by Gasteiger charge is 2.22. The van der Waals surface area contributed by atoms with Crippen molar-refractivity contribution in [3.63, 3.8) is 0 Å². The summed E-state index contributed by atoms with van der Waals surface area (Å²) in [6.07, 6.45) is 2.01. The van der Waals surface area contributed by atoms with Gasteiger partial charge in [0.15, 0.2) is 0 Å². The van der Waals surface area contributed by atoms with E-state index < -0.39 is 11.7 Å². The van der Waals surface area contributed by atoms with Crippen molar-refractivity contribution in [2.75, 3.05) is 18.4 Å². The molecule has 1 N–H and O–H groups in total. The van der Waals surface area contributed by atoms with Crippen LogP contribution in [0.1, 0.15) is 33.6 Å². The molecule has 1 aliphatic rings. The van der Waals surface area contributed by atoms with Crippen LogP contribution >= 0.6 is 0 Å². The van der Waals surface area contributed by atoms with E-state index in [2.05, 4.69) is 5.32 Å². The molecule has 0 unspecified atom stereocenters. The van der Waals surface area contributed by atoms with Gasteiger partial charge in [0.25, 0.3) is 11.8 Å². The number of amides is 2. The highest BCUT2D eigenvalue weighted by atomic mass is 19.1. The monoisotopic (exact) mass is 312 g/mol. The zero-order valence-electron chi connectivity index (χ0n) is 12.6. The van der Waals surface area contributed by atoms with Crippen molar-refractivity contribution in [1.29, 1.82) is 0 Å². The molecule has 1 fully saturated rings. The maximum atomic E-state index is 13.2. The molecule has 3 rings (SSSR count). The molecule has 4 nitrogen and oxygen atoms in total.